The van der Waals surface area contributed by atoms with E-state index >= 15 is 0 Å². The summed E-state index contributed by atoms with van der Waals surface area (Å²) in [5.41, 5.74) is 0. The lowest BCUT2D eigenvalue weighted by Crippen LogP contribution is -2.31. The van der Waals surface area contributed by atoms with Gasteiger partial charge in [-0.2, -0.15) is 10.1 Å². The highest BCUT2D eigenvalue weighted by Crippen LogP contribution is 2.15. The van der Waals surface area contributed by atoms with Gasteiger partial charge in [0.1, 0.15) is 17.8 Å². The number of amides is 2. The van der Waals surface area contributed by atoms with E-state index in [9.17, 15) is 4.79 Å². The molecule has 7 nitrogen and oxygen atoms in total. The maximum atomic E-state index is 11.7. The van der Waals surface area contributed by atoms with Gasteiger partial charge in [-0.3, -0.25) is 5.32 Å². The zero-order valence-corrected chi connectivity index (χ0v) is 10.5. The Kier molecular flexibility index (Phi) is 3.31. The molecule has 0 radical (unpaired) electrons. The number of rotatable bonds is 3. The van der Waals surface area contributed by atoms with Gasteiger partial charge < -0.3 is 9.73 Å². The van der Waals surface area contributed by atoms with E-state index in [1.165, 1.54) is 11.0 Å². The molecule has 2 rings (SSSR count). The van der Waals surface area contributed by atoms with Crippen molar-refractivity contribution in [1.82, 2.24) is 20.1 Å². The molecule has 2 heterocycles. The molecule has 0 bridgehead atoms. The van der Waals surface area contributed by atoms with Crippen molar-refractivity contribution in [1.29, 1.82) is 0 Å². The van der Waals surface area contributed by atoms with Gasteiger partial charge in [-0.05, 0) is 26.0 Å². The summed E-state index contributed by atoms with van der Waals surface area (Å²) in [5, 5.41) is 9.20. The average molecular weight is 249 g/mol. The Bertz CT molecular complexity index is 545. The Morgan fingerprint density at radius 2 is 2.28 bits per heavy atom. The first-order valence-corrected chi connectivity index (χ1v) is 5.54. The first kappa shape index (κ1) is 12.2. The topological polar surface area (TPSA) is 85.0 Å². The molecular formula is C11H15N5O2. The molecule has 18 heavy (non-hydrogen) atoms. The van der Waals surface area contributed by atoms with Crippen molar-refractivity contribution >= 4 is 12.0 Å². The standard InChI is InChI=1S/C11H15N5O2/c1-7-4-5-9(18-7)8(2)14-11(17)15-10-12-6-13-16(10)3/h4-6,8H,1-3H3,(H2,12,13,14,15,17). The third-order valence-electron chi connectivity index (χ3n) is 2.47. The zero-order chi connectivity index (χ0) is 13.1. The van der Waals surface area contributed by atoms with Crippen LogP contribution in [0.1, 0.15) is 24.5 Å². The van der Waals surface area contributed by atoms with Gasteiger partial charge in [0.25, 0.3) is 0 Å². The van der Waals surface area contributed by atoms with E-state index in [-0.39, 0.29) is 12.1 Å². The van der Waals surface area contributed by atoms with Gasteiger partial charge in [-0.1, -0.05) is 0 Å². The van der Waals surface area contributed by atoms with Crippen molar-refractivity contribution < 1.29 is 9.21 Å². The van der Waals surface area contributed by atoms with Crippen LogP contribution in [-0.4, -0.2) is 20.8 Å². The molecule has 1 unspecified atom stereocenters. The molecule has 0 saturated heterocycles. The Hall–Kier alpha value is -2.31. The minimum Gasteiger partial charge on any atom is -0.464 e. The van der Waals surface area contributed by atoms with E-state index in [0.717, 1.165) is 5.76 Å². The van der Waals surface area contributed by atoms with Crippen molar-refractivity contribution in [2.45, 2.75) is 19.9 Å². The Morgan fingerprint density at radius 3 is 2.83 bits per heavy atom. The molecule has 0 aliphatic carbocycles. The monoisotopic (exact) mass is 249 g/mol. The van der Waals surface area contributed by atoms with Crippen LogP contribution in [0.3, 0.4) is 0 Å². The third kappa shape index (κ3) is 2.68. The molecule has 0 aromatic carbocycles. The van der Waals surface area contributed by atoms with E-state index in [2.05, 4.69) is 20.7 Å². The molecular weight excluding hydrogens is 234 g/mol. The number of aromatic nitrogens is 3. The summed E-state index contributed by atoms with van der Waals surface area (Å²) in [7, 11) is 1.70. The summed E-state index contributed by atoms with van der Waals surface area (Å²) >= 11 is 0. The van der Waals surface area contributed by atoms with Gasteiger partial charge in [0.15, 0.2) is 0 Å². The van der Waals surface area contributed by atoms with Crippen LogP contribution in [0, 0.1) is 6.92 Å². The van der Waals surface area contributed by atoms with Gasteiger partial charge in [-0.15, -0.1) is 0 Å². The Labute approximate surface area is 104 Å². The number of hydrogen-bond donors (Lipinski definition) is 2. The fraction of sp³-hybridized carbons (Fsp3) is 0.364. The molecule has 2 N–H and O–H groups in total. The molecule has 2 aromatic rings. The molecule has 96 valence electrons. The smallest absolute Gasteiger partial charge is 0.322 e. The molecule has 2 amide bonds. The van der Waals surface area contributed by atoms with Crippen molar-refractivity contribution in [3.63, 3.8) is 0 Å². The first-order chi connectivity index (χ1) is 8.56. The van der Waals surface area contributed by atoms with Crippen LogP contribution in [0.15, 0.2) is 22.9 Å². The van der Waals surface area contributed by atoms with Crippen molar-refractivity contribution in [3.05, 3.63) is 30.0 Å². The van der Waals surface area contributed by atoms with Gasteiger partial charge >= 0.3 is 6.03 Å². The van der Waals surface area contributed by atoms with E-state index in [4.69, 9.17) is 4.42 Å². The van der Waals surface area contributed by atoms with Gasteiger partial charge in [-0.25, -0.2) is 9.48 Å². The maximum absolute atomic E-state index is 11.7. The number of nitrogens with zero attached hydrogens (tertiary/aromatic N) is 3. The fourth-order valence-corrected chi connectivity index (χ4v) is 1.50. The van der Waals surface area contributed by atoms with Crippen LogP contribution < -0.4 is 10.6 Å². The van der Waals surface area contributed by atoms with Gasteiger partial charge in [0.2, 0.25) is 5.95 Å². The number of urea groups is 1. The summed E-state index contributed by atoms with van der Waals surface area (Å²) in [4.78, 5) is 15.6. The second-order valence-electron chi connectivity index (χ2n) is 3.98. The van der Waals surface area contributed by atoms with Crippen LogP contribution in [0.4, 0.5) is 10.7 Å². The summed E-state index contributed by atoms with van der Waals surface area (Å²) < 4.78 is 6.90. The fourth-order valence-electron chi connectivity index (χ4n) is 1.50. The quantitative estimate of drug-likeness (QED) is 0.865. The lowest BCUT2D eigenvalue weighted by atomic mass is 10.2. The molecule has 0 aliphatic heterocycles. The number of anilines is 1. The number of carbonyl (C=O) groups is 1. The van der Waals surface area contributed by atoms with Gasteiger partial charge in [0.05, 0.1) is 6.04 Å². The molecule has 0 fully saturated rings. The molecule has 1 atom stereocenters. The minimum absolute atomic E-state index is 0.216. The van der Waals surface area contributed by atoms with Gasteiger partial charge in [0, 0.05) is 7.05 Å². The summed E-state index contributed by atoms with van der Waals surface area (Å²) in [5.74, 6) is 1.91. The first-order valence-electron chi connectivity index (χ1n) is 5.54. The SMILES string of the molecule is Cc1ccc(C(C)NC(=O)Nc2ncnn2C)o1. The highest BCUT2D eigenvalue weighted by atomic mass is 16.3. The largest absolute Gasteiger partial charge is 0.464 e. The number of nitrogens with one attached hydrogen (secondary N) is 2. The Balaban J connectivity index is 1.93. The van der Waals surface area contributed by atoms with Crippen molar-refractivity contribution in [2.75, 3.05) is 5.32 Å². The molecule has 2 aromatic heterocycles. The minimum atomic E-state index is -0.354. The second-order valence-corrected chi connectivity index (χ2v) is 3.98. The third-order valence-corrected chi connectivity index (χ3v) is 2.47. The van der Waals surface area contributed by atoms with Crippen LogP contribution in [0.25, 0.3) is 0 Å². The van der Waals surface area contributed by atoms with Crippen LogP contribution in [0.5, 0.6) is 0 Å². The highest BCUT2D eigenvalue weighted by molar-refractivity contribution is 5.87. The van der Waals surface area contributed by atoms with E-state index in [1.54, 1.807) is 7.05 Å². The lowest BCUT2D eigenvalue weighted by Gasteiger charge is -2.11. The lowest BCUT2D eigenvalue weighted by molar-refractivity contribution is 0.247. The summed E-state index contributed by atoms with van der Waals surface area (Å²) in [6.45, 7) is 3.70. The predicted molar refractivity (Wildman–Crippen MR) is 65.0 cm³/mol. The van der Waals surface area contributed by atoms with E-state index < -0.39 is 0 Å². The van der Waals surface area contributed by atoms with Crippen LogP contribution >= 0.6 is 0 Å². The van der Waals surface area contributed by atoms with Crippen molar-refractivity contribution in [3.8, 4) is 0 Å². The predicted octanol–water partition coefficient (Wildman–Crippen LogP) is 1.60. The van der Waals surface area contributed by atoms with Crippen molar-refractivity contribution in [2.24, 2.45) is 7.05 Å². The molecule has 0 aliphatic rings. The normalized spacial score (nSPS) is 12.2. The average Bonchev–Trinajstić information content (AvgIpc) is 2.89. The number of carbonyl (C=O) groups excluding carboxylic acids is 1. The van der Waals surface area contributed by atoms with Crippen LogP contribution in [-0.2, 0) is 7.05 Å². The number of furan rings is 1. The molecule has 0 spiro atoms. The molecule has 7 heteroatoms. The van der Waals surface area contributed by atoms with Crippen LogP contribution in [0.2, 0.25) is 0 Å². The summed E-state index contributed by atoms with van der Waals surface area (Å²) in [6.07, 6.45) is 1.37. The molecule has 0 saturated carbocycles. The number of aryl methyl sites for hydroxylation is 2. The highest BCUT2D eigenvalue weighted by Gasteiger charge is 2.13. The second kappa shape index (κ2) is 4.91. The number of hydrogen-bond acceptors (Lipinski definition) is 4. The summed E-state index contributed by atoms with van der Waals surface area (Å²) in [6, 6.07) is 3.12. The zero-order valence-electron chi connectivity index (χ0n) is 10.5. The maximum Gasteiger partial charge on any atom is 0.322 e. The van der Waals surface area contributed by atoms with E-state index in [0.29, 0.717) is 11.7 Å². The van der Waals surface area contributed by atoms with E-state index in [1.807, 2.05) is 26.0 Å². The Morgan fingerprint density at radius 1 is 1.50 bits per heavy atom.